The van der Waals surface area contributed by atoms with E-state index in [0.717, 1.165) is 6.07 Å². The Morgan fingerprint density at radius 3 is 1.69 bits per heavy atom. The zero-order chi connectivity index (χ0) is 26.4. The van der Waals surface area contributed by atoms with Crippen molar-refractivity contribution < 1.29 is 39.4 Å². The molecule has 0 saturated heterocycles. The quantitative estimate of drug-likeness (QED) is 0.253. The van der Waals surface area contributed by atoms with Gasteiger partial charge in [-0.25, -0.2) is 8.78 Å². The van der Waals surface area contributed by atoms with E-state index in [1.807, 2.05) is 0 Å². The summed E-state index contributed by atoms with van der Waals surface area (Å²) >= 11 is 0. The first-order valence-corrected chi connectivity index (χ1v) is 12.1. The van der Waals surface area contributed by atoms with Gasteiger partial charge in [0, 0.05) is 12.8 Å². The van der Waals surface area contributed by atoms with E-state index < -0.39 is 54.2 Å². The predicted molar refractivity (Wildman–Crippen MR) is 129 cm³/mol. The van der Waals surface area contributed by atoms with E-state index in [1.165, 1.54) is 18.2 Å². The zero-order valence-corrected chi connectivity index (χ0v) is 20.6. The number of aliphatic hydroxyl groups is 6. The average Bonchev–Trinajstić information content (AvgIpc) is 2.82. The molecule has 2 aromatic rings. The van der Waals surface area contributed by atoms with Crippen LogP contribution in [0.15, 0.2) is 36.4 Å². The standard InChI is InChI=1S/C27H38F2O6/c1-4-11-26(34,14-17-7-9-19(5-2)21(28)12-17)25(33)27(35,24(32)23(31)16-30)15-18-8-10-20(6-3)22(29)13-18/h7-10,12-13,23-25,30-35H,4-6,11,14-16H2,1-3H3/t23-,24+,25+,26?,27+/m0/s1. The van der Waals surface area contributed by atoms with Crippen LogP contribution in [0.3, 0.4) is 0 Å². The molecule has 0 aromatic heterocycles. The van der Waals surface area contributed by atoms with Crippen LogP contribution in [0.5, 0.6) is 0 Å². The lowest BCUT2D eigenvalue weighted by Crippen LogP contribution is -2.66. The maximum Gasteiger partial charge on any atom is 0.126 e. The largest absolute Gasteiger partial charge is 0.394 e. The van der Waals surface area contributed by atoms with E-state index in [2.05, 4.69) is 0 Å². The van der Waals surface area contributed by atoms with Crippen LogP contribution in [-0.2, 0) is 25.7 Å². The molecule has 1 unspecified atom stereocenters. The zero-order valence-electron chi connectivity index (χ0n) is 20.6. The van der Waals surface area contributed by atoms with Crippen LogP contribution in [0.4, 0.5) is 8.78 Å². The first-order valence-electron chi connectivity index (χ1n) is 12.1. The Hall–Kier alpha value is -1.94. The maximum atomic E-state index is 14.4. The second-order valence-electron chi connectivity index (χ2n) is 9.35. The van der Waals surface area contributed by atoms with Crippen molar-refractivity contribution in [3.05, 3.63) is 70.3 Å². The van der Waals surface area contributed by atoms with E-state index in [9.17, 15) is 39.4 Å². The first-order chi connectivity index (χ1) is 16.4. The third-order valence-corrected chi connectivity index (χ3v) is 6.72. The average molecular weight is 497 g/mol. The minimum Gasteiger partial charge on any atom is -0.394 e. The van der Waals surface area contributed by atoms with E-state index in [1.54, 1.807) is 32.9 Å². The minimum absolute atomic E-state index is 0.0291. The highest BCUT2D eigenvalue weighted by atomic mass is 19.1. The minimum atomic E-state index is -2.58. The lowest BCUT2D eigenvalue weighted by molar-refractivity contribution is -0.230. The smallest absolute Gasteiger partial charge is 0.126 e. The Morgan fingerprint density at radius 2 is 1.29 bits per heavy atom. The van der Waals surface area contributed by atoms with Crippen LogP contribution in [0.1, 0.15) is 55.9 Å². The number of rotatable bonds is 13. The van der Waals surface area contributed by atoms with Gasteiger partial charge in [0.25, 0.3) is 0 Å². The molecule has 2 rings (SSSR count). The molecule has 0 aliphatic carbocycles. The Balaban J connectivity index is 2.52. The summed E-state index contributed by atoms with van der Waals surface area (Å²) < 4.78 is 28.8. The van der Waals surface area contributed by atoms with Gasteiger partial charge in [0.05, 0.1) is 12.2 Å². The Morgan fingerprint density at radius 1 is 0.800 bits per heavy atom. The third-order valence-electron chi connectivity index (χ3n) is 6.72. The predicted octanol–water partition coefficient (Wildman–Crippen LogP) is 2.21. The molecular formula is C27H38F2O6. The molecule has 6 N–H and O–H groups in total. The lowest BCUT2D eigenvalue weighted by atomic mass is 9.71. The molecule has 0 amide bonds. The molecule has 0 fully saturated rings. The number of halogens is 2. The Bertz CT molecular complexity index is 971. The van der Waals surface area contributed by atoms with Crippen molar-refractivity contribution in [3.8, 4) is 0 Å². The maximum absolute atomic E-state index is 14.4. The first kappa shape index (κ1) is 29.3. The molecule has 35 heavy (non-hydrogen) atoms. The van der Waals surface area contributed by atoms with E-state index in [-0.39, 0.29) is 18.4 Å². The SMILES string of the molecule is CCCC(O)(Cc1ccc(CC)c(F)c1)[C@@H](O)[C@@](O)(Cc1ccc(CC)c(F)c1)[C@H](O)[C@@H](O)CO. The number of hydrogen-bond donors (Lipinski definition) is 6. The number of benzene rings is 2. The van der Waals surface area contributed by atoms with Gasteiger partial charge in [0.15, 0.2) is 0 Å². The number of aryl methyl sites for hydroxylation is 2. The number of aliphatic hydroxyl groups excluding tert-OH is 4. The summed E-state index contributed by atoms with van der Waals surface area (Å²) in [5.74, 6) is -0.995. The van der Waals surface area contributed by atoms with Crippen LogP contribution >= 0.6 is 0 Å². The summed E-state index contributed by atoms with van der Waals surface area (Å²) in [5.41, 5.74) is -3.11. The molecule has 8 heteroatoms. The van der Waals surface area contributed by atoms with Gasteiger partial charge in [-0.05, 0) is 53.6 Å². The topological polar surface area (TPSA) is 121 Å². The van der Waals surface area contributed by atoms with Crippen LogP contribution in [0, 0.1) is 11.6 Å². The van der Waals surface area contributed by atoms with Crippen LogP contribution in [0.2, 0.25) is 0 Å². The van der Waals surface area contributed by atoms with Gasteiger partial charge in [-0.1, -0.05) is 51.5 Å². The van der Waals surface area contributed by atoms with Gasteiger partial charge in [-0.2, -0.15) is 0 Å². The van der Waals surface area contributed by atoms with Gasteiger partial charge in [-0.3, -0.25) is 0 Å². The highest BCUT2D eigenvalue weighted by Gasteiger charge is 2.54. The summed E-state index contributed by atoms with van der Waals surface area (Å²) in [6, 6.07) is 8.65. The molecule has 196 valence electrons. The van der Waals surface area contributed by atoms with Crippen LogP contribution in [-0.4, -0.2) is 66.8 Å². The molecule has 0 aliphatic heterocycles. The van der Waals surface area contributed by atoms with Crippen molar-refractivity contribution in [2.75, 3.05) is 6.61 Å². The van der Waals surface area contributed by atoms with Crippen molar-refractivity contribution in [2.24, 2.45) is 0 Å². The van der Waals surface area contributed by atoms with Crippen molar-refractivity contribution >= 4 is 0 Å². The molecule has 0 saturated carbocycles. The van der Waals surface area contributed by atoms with Crippen LogP contribution in [0.25, 0.3) is 0 Å². The highest BCUT2D eigenvalue weighted by molar-refractivity contribution is 5.29. The van der Waals surface area contributed by atoms with Crippen molar-refractivity contribution in [2.45, 2.75) is 88.8 Å². The number of hydrogen-bond acceptors (Lipinski definition) is 6. The second-order valence-corrected chi connectivity index (χ2v) is 9.35. The molecule has 0 spiro atoms. The van der Waals surface area contributed by atoms with Gasteiger partial charge in [-0.15, -0.1) is 0 Å². The van der Waals surface area contributed by atoms with E-state index in [0.29, 0.717) is 36.0 Å². The Kier molecular flexibility index (Phi) is 10.3. The van der Waals surface area contributed by atoms with Gasteiger partial charge >= 0.3 is 0 Å². The molecule has 0 aliphatic rings. The monoisotopic (exact) mass is 496 g/mol. The summed E-state index contributed by atoms with van der Waals surface area (Å²) in [5, 5.41) is 64.7. The van der Waals surface area contributed by atoms with E-state index in [4.69, 9.17) is 0 Å². The van der Waals surface area contributed by atoms with E-state index >= 15 is 0 Å². The fraction of sp³-hybridized carbons (Fsp3) is 0.556. The Labute approximate surface area is 205 Å². The fourth-order valence-corrected chi connectivity index (χ4v) is 4.67. The third kappa shape index (κ3) is 6.64. The van der Waals surface area contributed by atoms with Gasteiger partial charge < -0.3 is 30.6 Å². The van der Waals surface area contributed by atoms with Crippen molar-refractivity contribution in [1.29, 1.82) is 0 Å². The normalized spacial score (nSPS) is 17.9. The summed E-state index contributed by atoms with van der Waals surface area (Å²) in [7, 11) is 0. The molecule has 2 aromatic carbocycles. The van der Waals surface area contributed by atoms with Gasteiger partial charge in [0.1, 0.15) is 35.5 Å². The summed E-state index contributed by atoms with van der Waals surface area (Å²) in [6.45, 7) is 4.41. The molecule has 0 bridgehead atoms. The molecule has 6 nitrogen and oxygen atoms in total. The van der Waals surface area contributed by atoms with Gasteiger partial charge in [0.2, 0.25) is 0 Å². The summed E-state index contributed by atoms with van der Waals surface area (Å²) in [6.07, 6.45) is -5.50. The summed E-state index contributed by atoms with van der Waals surface area (Å²) in [4.78, 5) is 0. The molecule has 0 radical (unpaired) electrons. The lowest BCUT2D eigenvalue weighted by Gasteiger charge is -2.46. The van der Waals surface area contributed by atoms with Crippen LogP contribution < -0.4 is 0 Å². The molecular weight excluding hydrogens is 458 g/mol. The van der Waals surface area contributed by atoms with Crippen molar-refractivity contribution in [1.82, 2.24) is 0 Å². The van der Waals surface area contributed by atoms with Crippen molar-refractivity contribution in [3.63, 3.8) is 0 Å². The highest BCUT2D eigenvalue weighted by Crippen LogP contribution is 2.35. The molecule has 0 heterocycles. The molecule has 5 atom stereocenters. The fourth-order valence-electron chi connectivity index (χ4n) is 4.67. The second kappa shape index (κ2) is 12.3.